The first-order valence-corrected chi connectivity index (χ1v) is 12.9. The maximum atomic E-state index is 11.9. The number of aliphatic imine (C=N–C) groups is 1. The van der Waals surface area contributed by atoms with Gasteiger partial charge in [-0.15, -0.1) is 0 Å². The van der Waals surface area contributed by atoms with Crippen molar-refractivity contribution >= 4 is 34.9 Å². The average molecular weight is 446 g/mol. The van der Waals surface area contributed by atoms with E-state index >= 15 is 0 Å². The van der Waals surface area contributed by atoms with Crippen LogP contribution in [0, 0.1) is 18.3 Å². The molecule has 0 atom stereocenters. The summed E-state index contributed by atoms with van der Waals surface area (Å²) in [5.74, 6) is 0.658. The van der Waals surface area contributed by atoms with Crippen LogP contribution < -0.4 is 0 Å². The fourth-order valence-corrected chi connectivity index (χ4v) is 4.54. The predicted molar refractivity (Wildman–Crippen MR) is 131 cm³/mol. The lowest BCUT2D eigenvalue weighted by atomic mass is 9.90. The smallest absolute Gasteiger partial charge is 0.200 e. The van der Waals surface area contributed by atoms with E-state index in [9.17, 15) is 13.2 Å². The highest BCUT2D eigenvalue weighted by atomic mass is 32.2. The molecule has 0 aliphatic carbocycles. The molecular weight excluding hydrogens is 407 g/mol. The third kappa shape index (κ3) is 9.59. The summed E-state index contributed by atoms with van der Waals surface area (Å²) < 4.78 is 23.9. The van der Waals surface area contributed by atoms with Crippen molar-refractivity contribution in [3.63, 3.8) is 0 Å². The number of carbonyl (C=O) groups is 1. The molecule has 1 aliphatic rings. The number of likely N-dealkylation sites (tertiary alicyclic amines) is 1. The van der Waals surface area contributed by atoms with Crippen LogP contribution in [-0.4, -0.2) is 51.5 Å². The fraction of sp³-hybridized carbons (Fsp3) is 0.667. The van der Waals surface area contributed by atoms with Crippen molar-refractivity contribution in [3.8, 4) is 0 Å². The Morgan fingerprint density at radius 1 is 1.19 bits per heavy atom. The molecule has 1 aromatic carbocycles. The molecule has 0 saturated carbocycles. The minimum Gasteiger partial charge on any atom is -0.353 e. The van der Waals surface area contributed by atoms with Crippen molar-refractivity contribution in [2.75, 3.05) is 18.8 Å². The van der Waals surface area contributed by atoms with Crippen molar-refractivity contribution < 1.29 is 13.2 Å². The second kappa shape index (κ2) is 11.8. The van der Waals surface area contributed by atoms with Gasteiger partial charge < -0.3 is 4.90 Å². The monoisotopic (exact) mass is 446 g/mol. The minimum absolute atomic E-state index is 0.111. The lowest BCUT2D eigenvalue weighted by Crippen LogP contribution is -2.37. The maximum Gasteiger partial charge on any atom is 0.200 e. The highest BCUT2D eigenvalue weighted by molar-refractivity contribution is 7.91. The fourth-order valence-electron chi connectivity index (χ4n) is 3.64. The van der Waals surface area contributed by atoms with Crippen LogP contribution in [0.5, 0.6) is 0 Å². The van der Waals surface area contributed by atoms with Crippen molar-refractivity contribution in [3.05, 3.63) is 23.8 Å². The van der Waals surface area contributed by atoms with Crippen LogP contribution >= 0.6 is 0 Å². The maximum absolute atomic E-state index is 11.9. The minimum atomic E-state index is -3.18. The zero-order chi connectivity index (χ0) is 23.8. The number of sulfone groups is 1. The van der Waals surface area contributed by atoms with Crippen LogP contribution in [0.4, 0.5) is 10.5 Å². The summed E-state index contributed by atoms with van der Waals surface area (Å²) in [5.41, 5.74) is 2.94. The molecule has 2 rings (SSSR count). The van der Waals surface area contributed by atoms with E-state index in [1.54, 1.807) is 24.0 Å². The molecule has 5 nitrogen and oxygen atoms in total. The van der Waals surface area contributed by atoms with E-state index in [1.807, 2.05) is 19.9 Å². The van der Waals surface area contributed by atoms with Crippen molar-refractivity contribution in [2.45, 2.75) is 79.0 Å². The molecule has 7 heteroatoms. The number of nitrogens with zero attached hydrogens (tertiary/aromatic N) is 2. The number of piperidine rings is 1. The molecule has 172 valence electrons. The number of rotatable bonds is 5. The lowest BCUT2D eigenvalue weighted by Gasteiger charge is -2.31. The largest absolute Gasteiger partial charge is 0.353 e. The molecule has 0 spiro atoms. The summed E-state index contributed by atoms with van der Waals surface area (Å²) in [7, 11) is 1.96. The summed E-state index contributed by atoms with van der Waals surface area (Å²) in [6.45, 7) is 16.0. The van der Waals surface area contributed by atoms with Gasteiger partial charge >= 0.3 is 0 Å². The zero-order valence-corrected chi connectivity index (χ0v) is 21.2. The van der Waals surface area contributed by atoms with Gasteiger partial charge in [0.1, 0.15) is 0 Å². The quantitative estimate of drug-likeness (QED) is 0.430. The Morgan fingerprint density at radius 2 is 1.77 bits per heavy atom. The van der Waals surface area contributed by atoms with Crippen molar-refractivity contribution in [1.82, 2.24) is 4.90 Å². The molecule has 1 heterocycles. The molecule has 1 saturated heterocycles. The van der Waals surface area contributed by atoms with Crippen LogP contribution in [-0.2, 0) is 9.84 Å². The Morgan fingerprint density at radius 3 is 2.23 bits per heavy atom. The predicted octanol–water partition coefficient (Wildman–Crippen LogP) is 5.71. The van der Waals surface area contributed by atoms with E-state index in [1.165, 1.54) is 6.42 Å². The number of benzene rings is 1. The van der Waals surface area contributed by atoms with Crippen LogP contribution in [0.2, 0.25) is 0 Å². The van der Waals surface area contributed by atoms with Crippen molar-refractivity contribution in [1.29, 1.82) is 0 Å². The number of amides is 1. The average Bonchev–Trinajstić information content (AvgIpc) is 2.68. The Hall–Kier alpha value is -1.63. The van der Waals surface area contributed by atoms with E-state index in [4.69, 9.17) is 7.85 Å². The van der Waals surface area contributed by atoms with E-state index in [0.29, 0.717) is 4.90 Å². The Balaban J connectivity index is 0.000000367. The van der Waals surface area contributed by atoms with E-state index in [-0.39, 0.29) is 17.0 Å². The molecule has 1 aliphatic heterocycles. The Kier molecular flexibility index (Phi) is 10.5. The summed E-state index contributed by atoms with van der Waals surface area (Å²) >= 11 is 0. The van der Waals surface area contributed by atoms with Gasteiger partial charge in [-0.1, -0.05) is 47.1 Å². The van der Waals surface area contributed by atoms with Gasteiger partial charge in [0.15, 0.2) is 15.6 Å². The molecule has 1 fully saturated rings. The normalized spacial score (nSPS) is 16.0. The van der Waals surface area contributed by atoms with Crippen LogP contribution in [0.15, 0.2) is 28.1 Å². The Labute approximate surface area is 191 Å². The first-order valence-electron chi connectivity index (χ1n) is 11.2. The molecule has 0 bridgehead atoms. The summed E-state index contributed by atoms with van der Waals surface area (Å²) in [6.07, 6.45) is 4.36. The van der Waals surface area contributed by atoms with Gasteiger partial charge in [-0.05, 0) is 62.1 Å². The second-order valence-electron chi connectivity index (χ2n) is 9.61. The van der Waals surface area contributed by atoms with Crippen LogP contribution in [0.3, 0.4) is 0 Å². The Bertz CT molecular complexity index is 865. The van der Waals surface area contributed by atoms with Crippen molar-refractivity contribution in [2.24, 2.45) is 16.3 Å². The van der Waals surface area contributed by atoms with Gasteiger partial charge in [-0.25, -0.2) is 8.42 Å². The first-order chi connectivity index (χ1) is 14.3. The van der Waals surface area contributed by atoms with Gasteiger partial charge in [0.2, 0.25) is 7.85 Å². The summed E-state index contributed by atoms with van der Waals surface area (Å²) in [5, 5.41) is 0. The molecular formula is C24H39BN2O3S. The highest BCUT2D eigenvalue weighted by Crippen LogP contribution is 2.26. The molecule has 0 N–H and O–H groups in total. The number of hydrogen-bond donors (Lipinski definition) is 0. The van der Waals surface area contributed by atoms with E-state index in [2.05, 4.69) is 32.7 Å². The third-order valence-corrected chi connectivity index (χ3v) is 7.25. The SMILES string of the molecule is CCS(=O)(=O)c1ccc(C)c(N=C(C)CC(C)(C)C)c1.[B]C(=O)N1CCC(CC)CC1. The lowest BCUT2D eigenvalue weighted by molar-refractivity contribution is 0.190. The van der Waals surface area contributed by atoms with Gasteiger partial charge in [-0.3, -0.25) is 9.79 Å². The first kappa shape index (κ1) is 27.4. The zero-order valence-electron chi connectivity index (χ0n) is 20.4. The van der Waals surface area contributed by atoms with Crippen LogP contribution in [0.25, 0.3) is 0 Å². The van der Waals surface area contributed by atoms with E-state index in [0.717, 1.165) is 55.2 Å². The van der Waals surface area contributed by atoms with Crippen LogP contribution in [0.1, 0.15) is 72.8 Å². The second-order valence-corrected chi connectivity index (χ2v) is 11.9. The molecule has 1 amide bonds. The molecule has 2 radical (unpaired) electrons. The van der Waals surface area contributed by atoms with Gasteiger partial charge in [0.25, 0.3) is 0 Å². The van der Waals surface area contributed by atoms with E-state index < -0.39 is 9.84 Å². The molecule has 0 aromatic heterocycles. The topological polar surface area (TPSA) is 66.8 Å². The molecule has 31 heavy (non-hydrogen) atoms. The molecule has 0 unspecified atom stereocenters. The number of hydrogen-bond acceptors (Lipinski definition) is 4. The number of aryl methyl sites for hydroxylation is 1. The van der Waals surface area contributed by atoms with Gasteiger partial charge in [-0.2, -0.15) is 0 Å². The third-order valence-electron chi connectivity index (χ3n) is 5.52. The molecule has 1 aromatic rings. The summed E-state index contributed by atoms with van der Waals surface area (Å²) in [4.78, 5) is 17.4. The standard InChI is InChI=1S/C16H25NO2S.C8H14BNO/c1-7-20(18,19)14-9-8-12(2)15(10-14)17-13(3)11-16(4,5)6;1-2-7-3-5-10(6-4-7)8(9)11/h8-10H,7,11H2,1-6H3;7H,2-6H2,1H3. The number of carbonyl (C=O) groups excluding carboxylic acids is 1. The van der Waals surface area contributed by atoms with Gasteiger partial charge in [0, 0.05) is 18.8 Å². The van der Waals surface area contributed by atoms with Gasteiger partial charge in [0.05, 0.1) is 16.3 Å². The highest BCUT2D eigenvalue weighted by Gasteiger charge is 2.18. The summed E-state index contributed by atoms with van der Waals surface area (Å²) in [6, 6.07) is 5.17.